The zero-order valence-corrected chi connectivity index (χ0v) is 16.4. The molecule has 0 radical (unpaired) electrons. The maximum Gasteiger partial charge on any atom is 0.241 e. The fourth-order valence-electron chi connectivity index (χ4n) is 3.48. The van der Waals surface area contributed by atoms with Crippen LogP contribution in [0, 0.1) is 0 Å². The van der Waals surface area contributed by atoms with Gasteiger partial charge in [0.25, 0.3) is 0 Å². The Balaban J connectivity index is 1.77. The molecule has 3 aromatic heterocycles. The third-order valence-corrected chi connectivity index (χ3v) is 5.40. The summed E-state index contributed by atoms with van der Waals surface area (Å²) in [5.74, 6) is 0.0583. The predicted octanol–water partition coefficient (Wildman–Crippen LogP) is 3.86. The van der Waals surface area contributed by atoms with Crippen LogP contribution in [0.4, 0.5) is 0 Å². The summed E-state index contributed by atoms with van der Waals surface area (Å²) in [6, 6.07) is 10.1. The third kappa shape index (κ3) is 3.08. The molecule has 1 amide bonds. The molecule has 0 unspecified atom stereocenters. The summed E-state index contributed by atoms with van der Waals surface area (Å²) in [4.78, 5) is 18.3. The number of carbonyl (C=O) groups excluding carboxylic acids is 1. The molecule has 6 heteroatoms. The van der Waals surface area contributed by atoms with Gasteiger partial charge in [0.2, 0.25) is 5.91 Å². The summed E-state index contributed by atoms with van der Waals surface area (Å²) < 4.78 is 4.06. The smallest absolute Gasteiger partial charge is 0.241 e. The molecule has 0 fully saturated rings. The highest BCUT2D eigenvalue weighted by atomic mass is 35.5. The first kappa shape index (κ1) is 17.6. The maximum atomic E-state index is 12.1. The van der Waals surface area contributed by atoms with Gasteiger partial charge in [0, 0.05) is 67.5 Å². The van der Waals surface area contributed by atoms with Gasteiger partial charge in [-0.15, -0.1) is 0 Å². The second-order valence-electron chi connectivity index (χ2n) is 6.98. The lowest BCUT2D eigenvalue weighted by Crippen LogP contribution is -2.25. The van der Waals surface area contributed by atoms with Gasteiger partial charge in [-0.25, -0.2) is 0 Å². The fourth-order valence-corrected chi connectivity index (χ4v) is 3.71. The summed E-state index contributed by atoms with van der Waals surface area (Å²) in [6.07, 6.45) is 6.43. The molecule has 0 saturated heterocycles. The summed E-state index contributed by atoms with van der Waals surface area (Å²) in [5.41, 5.74) is 4.19. The van der Waals surface area contributed by atoms with Gasteiger partial charge in [-0.05, 0) is 35.9 Å². The van der Waals surface area contributed by atoms with Crippen molar-refractivity contribution in [2.24, 2.45) is 7.05 Å². The molecule has 0 bridgehead atoms. The highest BCUT2D eigenvalue weighted by Gasteiger charge is 2.14. The molecule has 4 rings (SSSR count). The van der Waals surface area contributed by atoms with Crippen LogP contribution < -0.4 is 0 Å². The predicted molar refractivity (Wildman–Crippen MR) is 109 cm³/mol. The molecule has 0 saturated carbocycles. The van der Waals surface area contributed by atoms with E-state index in [2.05, 4.69) is 15.6 Å². The van der Waals surface area contributed by atoms with Crippen molar-refractivity contribution in [2.75, 3.05) is 14.1 Å². The number of aryl methyl sites for hydroxylation is 1. The van der Waals surface area contributed by atoms with Crippen LogP contribution >= 0.6 is 11.6 Å². The number of benzene rings is 1. The lowest BCUT2D eigenvalue weighted by atomic mass is 10.0. The van der Waals surface area contributed by atoms with E-state index in [1.165, 1.54) is 0 Å². The fraction of sp³-hybridized carbons (Fsp3) is 0.238. The van der Waals surface area contributed by atoms with Crippen LogP contribution in [0.1, 0.15) is 11.3 Å². The van der Waals surface area contributed by atoms with Crippen LogP contribution in [0.15, 0.2) is 48.9 Å². The van der Waals surface area contributed by atoms with Gasteiger partial charge in [0.15, 0.2) is 0 Å². The Kier molecular flexibility index (Phi) is 4.40. The molecule has 138 valence electrons. The number of hydrogen-bond donors (Lipinski definition) is 0. The van der Waals surface area contributed by atoms with E-state index in [0.717, 1.165) is 38.1 Å². The number of pyridine rings is 1. The summed E-state index contributed by atoms with van der Waals surface area (Å²) in [7, 11) is 5.56. The third-order valence-electron chi connectivity index (χ3n) is 5.05. The second-order valence-corrected chi connectivity index (χ2v) is 7.39. The van der Waals surface area contributed by atoms with Gasteiger partial charge < -0.3 is 14.0 Å². The van der Waals surface area contributed by atoms with E-state index in [1.54, 1.807) is 25.2 Å². The van der Waals surface area contributed by atoms with Crippen LogP contribution in [0.3, 0.4) is 0 Å². The highest BCUT2D eigenvalue weighted by molar-refractivity contribution is 6.32. The Labute approximate surface area is 162 Å². The second kappa shape index (κ2) is 6.74. The molecular formula is C21H21ClN4O. The summed E-state index contributed by atoms with van der Waals surface area (Å²) in [6.45, 7) is 0.314. The van der Waals surface area contributed by atoms with Gasteiger partial charge in [-0.1, -0.05) is 11.6 Å². The van der Waals surface area contributed by atoms with Crippen molar-refractivity contribution in [1.82, 2.24) is 19.0 Å². The Morgan fingerprint density at radius 1 is 1.07 bits per heavy atom. The van der Waals surface area contributed by atoms with Crippen LogP contribution in [0.2, 0.25) is 5.02 Å². The SMILES string of the molecule is CN(C)C(=O)Cn1ccc2c(Cc3c(Cl)ccc4c3ccn4C)nccc21. The van der Waals surface area contributed by atoms with E-state index in [9.17, 15) is 4.79 Å². The Bertz CT molecular complexity index is 1160. The first-order chi connectivity index (χ1) is 13.0. The first-order valence-electron chi connectivity index (χ1n) is 8.81. The van der Waals surface area contributed by atoms with E-state index >= 15 is 0 Å². The minimum atomic E-state index is 0.0583. The highest BCUT2D eigenvalue weighted by Crippen LogP contribution is 2.30. The molecular weight excluding hydrogens is 360 g/mol. The number of nitrogens with zero attached hydrogens (tertiary/aromatic N) is 4. The molecule has 4 aromatic rings. The molecule has 5 nitrogen and oxygen atoms in total. The average Bonchev–Trinajstić information content (AvgIpc) is 3.22. The lowest BCUT2D eigenvalue weighted by molar-refractivity contribution is -0.129. The molecule has 0 spiro atoms. The van der Waals surface area contributed by atoms with E-state index in [0.29, 0.717) is 13.0 Å². The van der Waals surface area contributed by atoms with Gasteiger partial charge in [-0.2, -0.15) is 0 Å². The Morgan fingerprint density at radius 2 is 1.85 bits per heavy atom. The van der Waals surface area contributed by atoms with Crippen molar-refractivity contribution < 1.29 is 4.79 Å². The van der Waals surface area contributed by atoms with Crippen molar-refractivity contribution >= 4 is 39.3 Å². The van der Waals surface area contributed by atoms with Gasteiger partial charge in [0.1, 0.15) is 6.54 Å². The van der Waals surface area contributed by atoms with Crippen molar-refractivity contribution in [3.63, 3.8) is 0 Å². The monoisotopic (exact) mass is 380 g/mol. The zero-order chi connectivity index (χ0) is 19.1. The Hall–Kier alpha value is -2.79. The molecule has 0 aliphatic rings. The topological polar surface area (TPSA) is 43.1 Å². The van der Waals surface area contributed by atoms with Crippen molar-refractivity contribution in [1.29, 1.82) is 0 Å². The van der Waals surface area contributed by atoms with Gasteiger partial charge in [-0.3, -0.25) is 9.78 Å². The normalized spacial score (nSPS) is 11.4. The number of aromatic nitrogens is 3. The largest absolute Gasteiger partial charge is 0.351 e. The quantitative estimate of drug-likeness (QED) is 0.539. The van der Waals surface area contributed by atoms with Gasteiger partial charge >= 0.3 is 0 Å². The van der Waals surface area contributed by atoms with Crippen LogP contribution in [0.5, 0.6) is 0 Å². The van der Waals surface area contributed by atoms with Crippen molar-refractivity contribution in [2.45, 2.75) is 13.0 Å². The number of amides is 1. The molecule has 3 heterocycles. The summed E-state index contributed by atoms with van der Waals surface area (Å²) in [5, 5.41) is 2.94. The number of hydrogen-bond acceptors (Lipinski definition) is 2. The molecule has 0 atom stereocenters. The Morgan fingerprint density at radius 3 is 2.63 bits per heavy atom. The number of likely N-dealkylation sites (N-methyl/N-ethyl adjacent to an activating group) is 1. The average molecular weight is 381 g/mol. The zero-order valence-electron chi connectivity index (χ0n) is 15.6. The van der Waals surface area contributed by atoms with Crippen LogP contribution in [-0.2, 0) is 24.8 Å². The van der Waals surface area contributed by atoms with Crippen molar-refractivity contribution in [3.8, 4) is 0 Å². The molecule has 1 aromatic carbocycles. The number of carbonyl (C=O) groups is 1. The van der Waals surface area contributed by atoms with Crippen LogP contribution in [0.25, 0.3) is 21.8 Å². The number of halogens is 1. The van der Waals surface area contributed by atoms with E-state index in [4.69, 9.17) is 11.6 Å². The van der Waals surface area contributed by atoms with E-state index in [1.807, 2.05) is 48.3 Å². The molecule has 0 N–H and O–H groups in total. The minimum absolute atomic E-state index is 0.0583. The minimum Gasteiger partial charge on any atom is -0.351 e. The maximum absolute atomic E-state index is 12.1. The molecule has 27 heavy (non-hydrogen) atoms. The van der Waals surface area contributed by atoms with E-state index < -0.39 is 0 Å². The standard InChI is InChI=1S/C21H21ClN4O/c1-24(2)21(27)13-26-11-8-15-18(23-9-6-20(15)26)12-16-14-7-10-25(3)19(14)5-4-17(16)22/h4-11H,12-13H2,1-3H3. The van der Waals surface area contributed by atoms with Gasteiger partial charge in [0.05, 0.1) is 11.2 Å². The lowest BCUT2D eigenvalue weighted by Gasteiger charge is -2.12. The van der Waals surface area contributed by atoms with E-state index in [-0.39, 0.29) is 5.91 Å². The first-order valence-corrected chi connectivity index (χ1v) is 9.19. The van der Waals surface area contributed by atoms with Crippen molar-refractivity contribution in [3.05, 3.63) is 65.2 Å². The molecule has 0 aliphatic heterocycles. The van der Waals surface area contributed by atoms with Crippen LogP contribution in [-0.4, -0.2) is 39.0 Å². The number of fused-ring (bicyclic) bond motifs is 2. The summed E-state index contributed by atoms with van der Waals surface area (Å²) >= 11 is 6.53. The number of rotatable bonds is 4. The molecule has 0 aliphatic carbocycles.